The van der Waals surface area contributed by atoms with Crippen LogP contribution in [-0.4, -0.2) is 33.6 Å². The Morgan fingerprint density at radius 2 is 0.667 bits per heavy atom. The highest BCUT2D eigenvalue weighted by Gasteiger charge is 2.18. The number of hydrogen-bond donors (Lipinski definition) is 3. The molecule has 0 heterocycles. The Morgan fingerprint density at radius 3 is 0.922 bits per heavy atom. The molecule has 3 aliphatic carbocycles. The fourth-order valence-corrected chi connectivity index (χ4v) is 7.57. The number of benzene rings is 1. The van der Waals surface area contributed by atoms with Crippen LogP contribution in [0.4, 0.5) is 0 Å². The van der Waals surface area contributed by atoms with E-state index < -0.39 is 18.3 Å². The molecule has 0 aliphatic heterocycles. The maximum atomic E-state index is 11.0. The lowest BCUT2D eigenvalue weighted by Crippen LogP contribution is -2.13. The molecule has 3 unspecified atom stereocenters. The lowest BCUT2D eigenvalue weighted by Gasteiger charge is -2.19. The second-order valence-electron chi connectivity index (χ2n) is 14.4. The van der Waals surface area contributed by atoms with Crippen LogP contribution in [0, 0.1) is 35.5 Å². The topological polar surface area (TPSA) is 60.7 Å². The van der Waals surface area contributed by atoms with Gasteiger partial charge in [0.25, 0.3) is 0 Å². The number of allylic oxidation sites excluding steroid dienone is 3. The molecule has 270 valence electrons. The monoisotopic (exact) mass is 684 g/mol. The summed E-state index contributed by atoms with van der Waals surface area (Å²) in [5.41, 5.74) is 8.85. The minimum absolute atomic E-state index is 0.532. The average molecular weight is 685 g/mol. The number of hydrogen-bond acceptors (Lipinski definition) is 3. The Balaban J connectivity index is 1.84. The summed E-state index contributed by atoms with van der Waals surface area (Å²) in [6, 6.07) is 6.14. The fourth-order valence-electron chi connectivity index (χ4n) is 7.57. The van der Waals surface area contributed by atoms with Crippen molar-refractivity contribution < 1.29 is 15.3 Å². The molecule has 0 amide bonds. The highest BCUT2D eigenvalue weighted by atomic mass is 16.3. The molecule has 0 spiro atoms. The van der Waals surface area contributed by atoms with Crippen LogP contribution < -0.4 is 0 Å². The van der Waals surface area contributed by atoms with E-state index in [0.29, 0.717) is 19.3 Å². The SMILES string of the molecule is C=CCC(O)/C1=C(\C#Cc2cc(C#C/C3=C(\C(O)CC=C)CCCCCC3)cc(C#C/C3=C(\C(O)CC=C)CCCCCC3)c2)CCCCCC1. The van der Waals surface area contributed by atoms with Gasteiger partial charge in [0.15, 0.2) is 0 Å². The van der Waals surface area contributed by atoms with Gasteiger partial charge in [-0.2, -0.15) is 0 Å². The number of aliphatic hydroxyl groups excluding tert-OH is 3. The van der Waals surface area contributed by atoms with Crippen LogP contribution in [0.3, 0.4) is 0 Å². The summed E-state index contributed by atoms with van der Waals surface area (Å²) in [6.07, 6.45) is 24.0. The Labute approximate surface area is 309 Å². The van der Waals surface area contributed by atoms with Crippen LogP contribution in [0.25, 0.3) is 0 Å². The van der Waals surface area contributed by atoms with Crippen LogP contribution >= 0.6 is 0 Å². The van der Waals surface area contributed by atoms with Crippen LogP contribution in [0.5, 0.6) is 0 Å². The first-order valence-electron chi connectivity index (χ1n) is 19.7. The minimum atomic E-state index is -0.547. The molecule has 0 bridgehead atoms. The van der Waals surface area contributed by atoms with E-state index in [2.05, 4.69) is 55.3 Å². The van der Waals surface area contributed by atoms with Gasteiger partial charge in [-0.1, -0.05) is 92.3 Å². The van der Waals surface area contributed by atoms with Crippen molar-refractivity contribution in [2.75, 3.05) is 0 Å². The standard InChI is InChI=1S/C48H60O3/c1-4-19-46(49)43-25-16-10-7-13-22-40(43)31-28-37-34-38(29-32-41-23-14-8-11-17-26-44(41)47(50)20-5-2)36-39(35-37)30-33-42-24-15-9-12-18-27-45(42)48(51)21-6-3/h4-6,34-36,46-51H,1-3,7-27H2/b43-40-,44-41-,45-42-. The Kier molecular flexibility index (Phi) is 17.4. The molecule has 3 atom stereocenters. The Morgan fingerprint density at radius 1 is 0.412 bits per heavy atom. The van der Waals surface area contributed by atoms with Crippen molar-refractivity contribution in [3.05, 3.63) is 106 Å². The van der Waals surface area contributed by atoms with Crippen molar-refractivity contribution in [3.8, 4) is 35.5 Å². The highest BCUT2D eigenvalue weighted by Crippen LogP contribution is 2.29. The zero-order chi connectivity index (χ0) is 36.3. The molecule has 0 saturated heterocycles. The van der Waals surface area contributed by atoms with E-state index >= 15 is 0 Å². The molecule has 4 rings (SSSR count). The third kappa shape index (κ3) is 13.1. The van der Waals surface area contributed by atoms with Gasteiger partial charge < -0.3 is 15.3 Å². The number of rotatable bonds is 9. The zero-order valence-electron chi connectivity index (χ0n) is 31.0. The summed E-state index contributed by atoms with van der Waals surface area (Å²) in [7, 11) is 0. The molecule has 51 heavy (non-hydrogen) atoms. The van der Waals surface area contributed by atoms with Gasteiger partial charge in [-0.05, 0) is 131 Å². The van der Waals surface area contributed by atoms with Gasteiger partial charge in [-0.3, -0.25) is 0 Å². The van der Waals surface area contributed by atoms with Crippen molar-refractivity contribution in [3.63, 3.8) is 0 Å². The lowest BCUT2D eigenvalue weighted by atomic mass is 9.89. The van der Waals surface area contributed by atoms with Crippen LogP contribution in [-0.2, 0) is 0 Å². The van der Waals surface area contributed by atoms with Gasteiger partial charge in [0, 0.05) is 33.4 Å². The molecule has 0 saturated carbocycles. The predicted molar refractivity (Wildman–Crippen MR) is 214 cm³/mol. The fraction of sp³-hybridized carbons (Fsp3) is 0.500. The van der Waals surface area contributed by atoms with Crippen molar-refractivity contribution in [2.45, 2.75) is 153 Å². The first kappa shape index (κ1) is 40.0. The van der Waals surface area contributed by atoms with Crippen LogP contribution in [0.2, 0.25) is 0 Å². The normalized spacial score (nSPS) is 23.6. The van der Waals surface area contributed by atoms with E-state index in [9.17, 15) is 15.3 Å². The van der Waals surface area contributed by atoms with E-state index in [1.54, 1.807) is 18.2 Å². The molecule has 0 radical (unpaired) electrons. The first-order chi connectivity index (χ1) is 24.9. The molecule has 0 aromatic heterocycles. The molecule has 0 fully saturated rings. The average Bonchev–Trinajstić information content (AvgIpc) is 3.07. The van der Waals surface area contributed by atoms with Crippen molar-refractivity contribution in [1.29, 1.82) is 0 Å². The van der Waals surface area contributed by atoms with Crippen LogP contribution in [0.15, 0.2) is 89.6 Å². The molecule has 3 N–H and O–H groups in total. The highest BCUT2D eigenvalue weighted by molar-refractivity contribution is 5.55. The van der Waals surface area contributed by atoms with Gasteiger partial charge in [0.2, 0.25) is 0 Å². The Hall–Kier alpha value is -3.78. The summed E-state index contributed by atoms with van der Waals surface area (Å²) in [5.74, 6) is 20.9. The zero-order valence-corrected chi connectivity index (χ0v) is 31.0. The van der Waals surface area contributed by atoms with E-state index in [0.717, 1.165) is 127 Å². The van der Waals surface area contributed by atoms with Gasteiger partial charge in [-0.15, -0.1) is 19.7 Å². The van der Waals surface area contributed by atoms with E-state index in [1.807, 2.05) is 18.2 Å². The maximum Gasteiger partial charge on any atom is 0.0796 e. The van der Waals surface area contributed by atoms with E-state index in [-0.39, 0.29) is 0 Å². The molecule has 1 aromatic carbocycles. The van der Waals surface area contributed by atoms with Crippen molar-refractivity contribution >= 4 is 0 Å². The summed E-state index contributed by atoms with van der Waals surface area (Å²) >= 11 is 0. The van der Waals surface area contributed by atoms with Crippen molar-refractivity contribution in [1.82, 2.24) is 0 Å². The first-order valence-corrected chi connectivity index (χ1v) is 19.7. The molecular weight excluding hydrogens is 625 g/mol. The smallest absolute Gasteiger partial charge is 0.0796 e. The summed E-state index contributed by atoms with van der Waals surface area (Å²) in [6.45, 7) is 11.6. The molecular formula is C48H60O3. The second kappa shape index (κ2) is 22.2. The largest absolute Gasteiger partial charge is 0.388 e. The minimum Gasteiger partial charge on any atom is -0.388 e. The number of aliphatic hydroxyl groups is 3. The van der Waals surface area contributed by atoms with Gasteiger partial charge in [-0.25, -0.2) is 0 Å². The third-order valence-electron chi connectivity index (χ3n) is 10.4. The van der Waals surface area contributed by atoms with Crippen molar-refractivity contribution in [2.24, 2.45) is 0 Å². The van der Waals surface area contributed by atoms with E-state index in [1.165, 1.54) is 38.5 Å². The van der Waals surface area contributed by atoms with Gasteiger partial charge >= 0.3 is 0 Å². The Bertz CT molecular complexity index is 1440. The third-order valence-corrected chi connectivity index (χ3v) is 10.4. The predicted octanol–water partition coefficient (Wildman–Crippen LogP) is 10.5. The summed E-state index contributed by atoms with van der Waals surface area (Å²) in [4.78, 5) is 0. The van der Waals surface area contributed by atoms with E-state index in [4.69, 9.17) is 0 Å². The van der Waals surface area contributed by atoms with Crippen LogP contribution in [0.1, 0.15) is 152 Å². The molecule has 3 heteroatoms. The maximum absolute atomic E-state index is 11.0. The molecule has 3 nitrogen and oxygen atoms in total. The summed E-state index contributed by atoms with van der Waals surface area (Å²) in [5, 5.41) is 33.0. The quantitative estimate of drug-likeness (QED) is 0.179. The summed E-state index contributed by atoms with van der Waals surface area (Å²) < 4.78 is 0. The van der Waals surface area contributed by atoms with Gasteiger partial charge in [0.05, 0.1) is 18.3 Å². The second-order valence-corrected chi connectivity index (χ2v) is 14.4. The molecule has 1 aromatic rings. The lowest BCUT2D eigenvalue weighted by molar-refractivity contribution is 0.207. The molecule has 3 aliphatic rings. The van der Waals surface area contributed by atoms with Gasteiger partial charge in [0.1, 0.15) is 0 Å².